The first-order valence-electron chi connectivity index (χ1n) is 5.55. The molecule has 0 aliphatic heterocycles. The molecule has 0 bridgehead atoms. The molecule has 0 aliphatic rings. The van der Waals surface area contributed by atoms with Crippen molar-refractivity contribution in [2.24, 2.45) is 5.11 Å². The molecular weight excluding hydrogens is 218 g/mol. The summed E-state index contributed by atoms with van der Waals surface area (Å²) in [5.41, 5.74) is 9.80. The normalized spacial score (nSPS) is 9.47. The molecule has 5 nitrogen and oxygen atoms in total. The lowest BCUT2D eigenvalue weighted by atomic mass is 10.1. The van der Waals surface area contributed by atoms with Crippen LogP contribution < -0.4 is 0 Å². The number of carbonyl (C=O) groups excluding carboxylic acids is 1. The number of esters is 1. The van der Waals surface area contributed by atoms with Gasteiger partial charge in [-0.05, 0) is 43.0 Å². The van der Waals surface area contributed by atoms with Crippen molar-refractivity contribution in [3.8, 4) is 0 Å². The predicted octanol–water partition coefficient (Wildman–Crippen LogP) is 3.11. The van der Waals surface area contributed by atoms with Crippen molar-refractivity contribution in [2.45, 2.75) is 19.8 Å². The van der Waals surface area contributed by atoms with Gasteiger partial charge in [-0.1, -0.05) is 17.2 Å². The Bertz CT molecular complexity index is 408. The highest BCUT2D eigenvalue weighted by Gasteiger charge is 2.05. The predicted molar refractivity (Wildman–Crippen MR) is 64.7 cm³/mol. The summed E-state index contributed by atoms with van der Waals surface area (Å²) in [4.78, 5) is 14.1. The number of ether oxygens (including phenoxy) is 1. The van der Waals surface area contributed by atoms with E-state index in [-0.39, 0.29) is 5.97 Å². The number of azide groups is 1. The molecule has 1 aromatic rings. The number of hydrogen-bond donors (Lipinski definition) is 0. The molecule has 0 aromatic heterocycles. The summed E-state index contributed by atoms with van der Waals surface area (Å²) in [6.45, 7) is 2.66. The number of hydrogen-bond acceptors (Lipinski definition) is 3. The van der Waals surface area contributed by atoms with E-state index in [1.807, 2.05) is 12.1 Å². The van der Waals surface area contributed by atoms with Crippen molar-refractivity contribution < 1.29 is 9.53 Å². The van der Waals surface area contributed by atoms with Gasteiger partial charge in [0.05, 0.1) is 12.2 Å². The summed E-state index contributed by atoms with van der Waals surface area (Å²) in [7, 11) is 0. The lowest BCUT2D eigenvalue weighted by Gasteiger charge is -2.03. The molecule has 0 radical (unpaired) electrons. The maximum Gasteiger partial charge on any atom is 0.338 e. The van der Waals surface area contributed by atoms with E-state index < -0.39 is 0 Å². The van der Waals surface area contributed by atoms with Crippen LogP contribution in [-0.2, 0) is 11.2 Å². The molecule has 0 fully saturated rings. The average Bonchev–Trinajstić information content (AvgIpc) is 2.36. The van der Waals surface area contributed by atoms with Crippen LogP contribution in [0.2, 0.25) is 0 Å². The van der Waals surface area contributed by atoms with E-state index in [1.54, 1.807) is 19.1 Å². The van der Waals surface area contributed by atoms with Gasteiger partial charge in [-0.25, -0.2) is 4.79 Å². The van der Waals surface area contributed by atoms with E-state index in [0.29, 0.717) is 18.7 Å². The second kappa shape index (κ2) is 7.30. The number of aryl methyl sites for hydroxylation is 1. The molecule has 0 aliphatic carbocycles. The van der Waals surface area contributed by atoms with E-state index in [0.717, 1.165) is 18.4 Å². The largest absolute Gasteiger partial charge is 0.462 e. The van der Waals surface area contributed by atoms with Crippen molar-refractivity contribution in [1.82, 2.24) is 0 Å². The van der Waals surface area contributed by atoms with Crippen LogP contribution in [0.1, 0.15) is 29.3 Å². The first kappa shape index (κ1) is 13.1. The SMILES string of the molecule is CCOC(=O)c1ccc(CCCN=[N+]=[N-])cc1. The number of rotatable bonds is 6. The van der Waals surface area contributed by atoms with Crippen LogP contribution in [0.3, 0.4) is 0 Å². The Morgan fingerprint density at radius 1 is 1.41 bits per heavy atom. The van der Waals surface area contributed by atoms with Gasteiger partial charge in [0.2, 0.25) is 0 Å². The van der Waals surface area contributed by atoms with Gasteiger partial charge in [0.25, 0.3) is 0 Å². The minimum Gasteiger partial charge on any atom is -0.462 e. The van der Waals surface area contributed by atoms with Crippen LogP contribution >= 0.6 is 0 Å². The molecule has 90 valence electrons. The fourth-order valence-corrected chi connectivity index (χ4v) is 1.42. The summed E-state index contributed by atoms with van der Waals surface area (Å²) < 4.78 is 4.89. The van der Waals surface area contributed by atoms with Crippen molar-refractivity contribution in [3.05, 3.63) is 45.8 Å². The van der Waals surface area contributed by atoms with Crippen LogP contribution in [0, 0.1) is 0 Å². The van der Waals surface area contributed by atoms with Gasteiger partial charge < -0.3 is 4.74 Å². The van der Waals surface area contributed by atoms with Gasteiger partial charge >= 0.3 is 5.97 Å². The topological polar surface area (TPSA) is 75.1 Å². The van der Waals surface area contributed by atoms with Crippen molar-refractivity contribution in [2.75, 3.05) is 13.2 Å². The van der Waals surface area contributed by atoms with E-state index in [9.17, 15) is 4.79 Å². The zero-order chi connectivity index (χ0) is 12.5. The molecular formula is C12H15N3O2. The highest BCUT2D eigenvalue weighted by Crippen LogP contribution is 2.08. The second-order valence-corrected chi connectivity index (χ2v) is 3.48. The van der Waals surface area contributed by atoms with E-state index in [2.05, 4.69) is 10.0 Å². The molecule has 1 rings (SSSR count). The van der Waals surface area contributed by atoms with Crippen LogP contribution in [-0.4, -0.2) is 19.1 Å². The number of nitrogens with zero attached hydrogens (tertiary/aromatic N) is 3. The second-order valence-electron chi connectivity index (χ2n) is 3.48. The molecule has 5 heteroatoms. The summed E-state index contributed by atoms with van der Waals surface area (Å²) in [6, 6.07) is 7.28. The average molecular weight is 233 g/mol. The Balaban J connectivity index is 2.49. The highest BCUT2D eigenvalue weighted by atomic mass is 16.5. The first-order valence-corrected chi connectivity index (χ1v) is 5.55. The smallest absolute Gasteiger partial charge is 0.338 e. The fraction of sp³-hybridized carbons (Fsp3) is 0.417. The molecule has 17 heavy (non-hydrogen) atoms. The highest BCUT2D eigenvalue weighted by molar-refractivity contribution is 5.89. The van der Waals surface area contributed by atoms with Crippen LogP contribution in [0.25, 0.3) is 10.4 Å². The molecule has 0 spiro atoms. The third-order valence-electron chi connectivity index (χ3n) is 2.25. The fourth-order valence-electron chi connectivity index (χ4n) is 1.42. The minimum absolute atomic E-state index is 0.298. The van der Waals surface area contributed by atoms with Gasteiger partial charge in [0, 0.05) is 11.5 Å². The Kier molecular flexibility index (Phi) is 5.61. The summed E-state index contributed by atoms with van der Waals surface area (Å²) >= 11 is 0. The minimum atomic E-state index is -0.298. The summed E-state index contributed by atoms with van der Waals surface area (Å²) in [5, 5.41) is 3.46. The Hall–Kier alpha value is -2.00. The van der Waals surface area contributed by atoms with Crippen molar-refractivity contribution in [3.63, 3.8) is 0 Å². The zero-order valence-electron chi connectivity index (χ0n) is 9.80. The Morgan fingerprint density at radius 3 is 2.71 bits per heavy atom. The van der Waals surface area contributed by atoms with Gasteiger partial charge in [0.1, 0.15) is 0 Å². The molecule has 0 saturated carbocycles. The first-order chi connectivity index (χ1) is 8.27. The van der Waals surface area contributed by atoms with E-state index in [1.165, 1.54) is 0 Å². The summed E-state index contributed by atoms with van der Waals surface area (Å²) in [6.07, 6.45) is 1.64. The van der Waals surface area contributed by atoms with Gasteiger partial charge in [-0.3, -0.25) is 0 Å². The molecule has 0 N–H and O–H groups in total. The molecule has 0 heterocycles. The molecule has 1 aromatic carbocycles. The standard InChI is InChI=1S/C12H15N3O2/c1-2-17-12(16)11-7-5-10(6-8-11)4-3-9-14-15-13/h5-8H,2-4,9H2,1H3. The maximum atomic E-state index is 11.4. The van der Waals surface area contributed by atoms with Crippen LogP contribution in [0.4, 0.5) is 0 Å². The lowest BCUT2D eigenvalue weighted by molar-refractivity contribution is 0.0526. The lowest BCUT2D eigenvalue weighted by Crippen LogP contribution is -2.04. The molecule has 0 saturated heterocycles. The van der Waals surface area contributed by atoms with Gasteiger partial charge in [-0.2, -0.15) is 0 Å². The third-order valence-corrected chi connectivity index (χ3v) is 2.25. The van der Waals surface area contributed by atoms with Gasteiger partial charge in [-0.15, -0.1) is 0 Å². The molecule has 0 unspecified atom stereocenters. The van der Waals surface area contributed by atoms with Crippen molar-refractivity contribution in [1.29, 1.82) is 0 Å². The van der Waals surface area contributed by atoms with Crippen LogP contribution in [0.15, 0.2) is 29.4 Å². The quantitative estimate of drug-likeness (QED) is 0.249. The molecule has 0 amide bonds. The number of carbonyl (C=O) groups is 1. The third kappa shape index (κ3) is 4.57. The maximum absolute atomic E-state index is 11.4. The summed E-state index contributed by atoms with van der Waals surface area (Å²) in [5.74, 6) is -0.298. The van der Waals surface area contributed by atoms with E-state index in [4.69, 9.17) is 10.3 Å². The Labute approximate surface area is 100 Å². The number of benzene rings is 1. The Morgan fingerprint density at radius 2 is 2.12 bits per heavy atom. The molecule has 0 atom stereocenters. The monoisotopic (exact) mass is 233 g/mol. The van der Waals surface area contributed by atoms with Crippen molar-refractivity contribution >= 4 is 5.97 Å². The van der Waals surface area contributed by atoms with Gasteiger partial charge in [0.15, 0.2) is 0 Å². The zero-order valence-corrected chi connectivity index (χ0v) is 9.80. The van der Waals surface area contributed by atoms with E-state index >= 15 is 0 Å². The van der Waals surface area contributed by atoms with Crippen LogP contribution in [0.5, 0.6) is 0 Å².